The minimum Gasteiger partial charge on any atom is -0.0654 e. The summed E-state index contributed by atoms with van der Waals surface area (Å²) in [7, 11) is 2.72. The molecule has 0 aliphatic carbocycles. The van der Waals surface area contributed by atoms with E-state index in [-0.39, 0.29) is 0 Å². The fourth-order valence-electron chi connectivity index (χ4n) is 4.20. The third-order valence-corrected chi connectivity index (χ3v) is 4.69. The van der Waals surface area contributed by atoms with E-state index in [0.717, 1.165) is 5.92 Å². The summed E-state index contributed by atoms with van der Waals surface area (Å²) in [6, 6.07) is 11.1. The Morgan fingerprint density at radius 2 is 1.74 bits per heavy atom. The van der Waals surface area contributed by atoms with E-state index >= 15 is 0 Å². The Kier molecular flexibility index (Phi) is 5.13. The van der Waals surface area contributed by atoms with Crippen LogP contribution in [0.1, 0.15) is 70.7 Å². The zero-order chi connectivity index (χ0) is 13.7. The molecule has 1 aromatic rings. The first kappa shape index (κ1) is 14.7. The Hall–Kier alpha value is -0.715. The van der Waals surface area contributed by atoms with E-state index in [2.05, 4.69) is 58.4 Å². The van der Waals surface area contributed by atoms with Gasteiger partial charge in [-0.3, -0.25) is 0 Å². The van der Waals surface area contributed by atoms with E-state index in [9.17, 15) is 0 Å². The Morgan fingerprint density at radius 1 is 1.11 bits per heavy atom. The topological polar surface area (TPSA) is 0 Å². The van der Waals surface area contributed by atoms with Crippen LogP contribution in [0.2, 0.25) is 5.31 Å². The molecule has 1 aliphatic rings. The molecule has 1 saturated heterocycles. The molecule has 1 fully saturated rings. The summed E-state index contributed by atoms with van der Waals surface area (Å²) in [5.74, 6) is 1.52. The molecule has 1 aliphatic heterocycles. The van der Waals surface area contributed by atoms with Gasteiger partial charge in [0.1, 0.15) is 7.28 Å². The lowest BCUT2D eigenvalue weighted by molar-refractivity contribution is 0.315. The zero-order valence-corrected chi connectivity index (χ0v) is 12.9. The van der Waals surface area contributed by atoms with Crippen molar-refractivity contribution >= 4 is 7.28 Å². The summed E-state index contributed by atoms with van der Waals surface area (Å²) in [5, 5.41) is 0.502. The van der Waals surface area contributed by atoms with Crippen molar-refractivity contribution in [3.63, 3.8) is 0 Å². The van der Waals surface area contributed by atoms with Crippen molar-refractivity contribution < 1.29 is 0 Å². The Labute approximate surface area is 120 Å². The predicted molar refractivity (Wildman–Crippen MR) is 85.8 cm³/mol. The number of hydrogen-bond acceptors (Lipinski definition) is 0. The molecule has 2 unspecified atom stereocenters. The van der Waals surface area contributed by atoms with Gasteiger partial charge >= 0.3 is 0 Å². The monoisotopic (exact) mass is 255 g/mol. The van der Waals surface area contributed by atoms with E-state index in [4.69, 9.17) is 0 Å². The Morgan fingerprint density at radius 3 is 2.32 bits per heavy atom. The highest BCUT2D eigenvalue weighted by Crippen LogP contribution is 2.51. The third kappa shape index (κ3) is 3.65. The van der Waals surface area contributed by atoms with Gasteiger partial charge in [0, 0.05) is 0 Å². The molecule has 0 N–H and O–H groups in total. The van der Waals surface area contributed by atoms with Crippen LogP contribution in [0.5, 0.6) is 0 Å². The highest BCUT2D eigenvalue weighted by atomic mass is 14.3. The number of benzene rings is 1. The van der Waals surface area contributed by atoms with Crippen LogP contribution in [0.4, 0.5) is 0 Å². The van der Waals surface area contributed by atoms with Crippen LogP contribution < -0.4 is 0 Å². The van der Waals surface area contributed by atoms with Gasteiger partial charge in [-0.05, 0) is 11.7 Å². The molecule has 2 rings (SSSR count). The molecule has 0 amide bonds. The molecule has 1 heteroatoms. The summed E-state index contributed by atoms with van der Waals surface area (Å²) in [4.78, 5) is 0. The summed E-state index contributed by atoms with van der Waals surface area (Å²) >= 11 is 0. The zero-order valence-electron chi connectivity index (χ0n) is 12.9. The van der Waals surface area contributed by atoms with Crippen LogP contribution in [-0.4, -0.2) is 7.28 Å². The lowest BCUT2D eigenvalue weighted by Gasteiger charge is -2.44. The summed E-state index contributed by atoms with van der Waals surface area (Å²) in [6.07, 6.45) is 8.09. The van der Waals surface area contributed by atoms with Gasteiger partial charge < -0.3 is 0 Å². The van der Waals surface area contributed by atoms with Crippen LogP contribution >= 0.6 is 0 Å². The lowest BCUT2D eigenvalue weighted by Crippen LogP contribution is -2.34. The molecule has 1 heterocycles. The molecule has 0 saturated carbocycles. The van der Waals surface area contributed by atoms with Gasteiger partial charge in [-0.2, -0.15) is 0 Å². The molecule has 0 bridgehead atoms. The maximum atomic E-state index is 2.72. The van der Waals surface area contributed by atoms with E-state index in [1.165, 1.54) is 44.1 Å². The molecule has 0 aromatic heterocycles. The maximum absolute atomic E-state index is 2.72. The van der Waals surface area contributed by atoms with E-state index in [1.54, 1.807) is 0 Å². The molecule has 0 spiro atoms. The molecular formula is C18H28B. The van der Waals surface area contributed by atoms with E-state index in [0.29, 0.717) is 11.1 Å². The van der Waals surface area contributed by atoms with Gasteiger partial charge in [-0.25, -0.2) is 0 Å². The van der Waals surface area contributed by atoms with Crippen molar-refractivity contribution in [2.45, 2.75) is 70.4 Å². The highest BCUT2D eigenvalue weighted by molar-refractivity contribution is 6.42. The number of hydrogen-bond donors (Lipinski definition) is 0. The normalized spacial score (nSPS) is 25.8. The van der Waals surface area contributed by atoms with Crippen molar-refractivity contribution in [1.29, 1.82) is 0 Å². The van der Waals surface area contributed by atoms with Gasteiger partial charge in [-0.15, -0.1) is 0 Å². The summed E-state index contributed by atoms with van der Waals surface area (Å²) in [6.45, 7) is 7.12. The standard InChI is InChI=1S/C18H28B/c1-4-11-18(12-5-2)14-15(3)13-17(19-18)16-9-7-6-8-10-16/h6-10,15,17H,4-5,11-14H2,1-3H3. The van der Waals surface area contributed by atoms with Crippen molar-refractivity contribution in [1.82, 2.24) is 0 Å². The maximum Gasteiger partial charge on any atom is 0.128 e. The van der Waals surface area contributed by atoms with Crippen molar-refractivity contribution in [3.05, 3.63) is 35.9 Å². The van der Waals surface area contributed by atoms with Gasteiger partial charge in [-0.1, -0.05) is 101 Å². The summed E-state index contributed by atoms with van der Waals surface area (Å²) in [5.41, 5.74) is 1.52. The fourth-order valence-corrected chi connectivity index (χ4v) is 4.20. The average Bonchev–Trinajstić information content (AvgIpc) is 2.39. The average molecular weight is 255 g/mol. The first-order valence-corrected chi connectivity index (χ1v) is 8.10. The van der Waals surface area contributed by atoms with Crippen LogP contribution in [0.25, 0.3) is 0 Å². The molecule has 103 valence electrons. The molecule has 0 nitrogen and oxygen atoms in total. The second kappa shape index (κ2) is 6.63. The molecule has 19 heavy (non-hydrogen) atoms. The minimum absolute atomic E-state index is 0.502. The minimum atomic E-state index is 0.502. The highest BCUT2D eigenvalue weighted by Gasteiger charge is 2.39. The van der Waals surface area contributed by atoms with E-state index in [1.807, 2.05) is 0 Å². The van der Waals surface area contributed by atoms with Crippen molar-refractivity contribution in [3.8, 4) is 0 Å². The molecule has 1 radical (unpaired) electrons. The Bertz CT molecular complexity index is 365. The van der Waals surface area contributed by atoms with Crippen molar-refractivity contribution in [2.75, 3.05) is 0 Å². The number of rotatable bonds is 5. The largest absolute Gasteiger partial charge is 0.128 e. The lowest BCUT2D eigenvalue weighted by atomic mass is 9.36. The third-order valence-electron chi connectivity index (χ3n) is 4.69. The van der Waals surface area contributed by atoms with Gasteiger partial charge in [0.05, 0.1) is 0 Å². The SMILES string of the molecule is CCCC1(CCC)[B]C(c2ccccc2)CC(C)C1. The Balaban J connectivity index is 2.18. The predicted octanol–water partition coefficient (Wildman–Crippen LogP) is 5.62. The molecule has 1 aromatic carbocycles. The second-order valence-corrected chi connectivity index (χ2v) is 6.59. The van der Waals surface area contributed by atoms with Crippen LogP contribution in [-0.2, 0) is 0 Å². The second-order valence-electron chi connectivity index (χ2n) is 6.59. The molecular weight excluding hydrogens is 227 g/mol. The summed E-state index contributed by atoms with van der Waals surface area (Å²) < 4.78 is 0. The van der Waals surface area contributed by atoms with Crippen LogP contribution in [0.3, 0.4) is 0 Å². The van der Waals surface area contributed by atoms with Crippen molar-refractivity contribution in [2.24, 2.45) is 5.92 Å². The molecule has 2 atom stereocenters. The van der Waals surface area contributed by atoms with Crippen LogP contribution in [0.15, 0.2) is 30.3 Å². The quantitative estimate of drug-likeness (QED) is 0.599. The first-order chi connectivity index (χ1) is 9.19. The van der Waals surface area contributed by atoms with Gasteiger partial charge in [0.2, 0.25) is 0 Å². The van der Waals surface area contributed by atoms with Crippen LogP contribution in [0, 0.1) is 5.92 Å². The smallest absolute Gasteiger partial charge is 0.0654 e. The van der Waals surface area contributed by atoms with Gasteiger partial charge in [0.25, 0.3) is 0 Å². The van der Waals surface area contributed by atoms with Gasteiger partial charge in [0.15, 0.2) is 0 Å². The first-order valence-electron chi connectivity index (χ1n) is 8.10. The fraction of sp³-hybridized carbons (Fsp3) is 0.667. The van der Waals surface area contributed by atoms with E-state index < -0.39 is 0 Å².